The fourth-order valence-electron chi connectivity index (χ4n) is 2.57. The summed E-state index contributed by atoms with van der Waals surface area (Å²) >= 11 is 1.55. The van der Waals surface area contributed by atoms with Crippen molar-refractivity contribution in [3.05, 3.63) is 53.2 Å². The number of nitrogens with two attached hydrogens (primary N) is 1. The average Bonchev–Trinajstić information content (AvgIpc) is 3.34. The van der Waals surface area contributed by atoms with E-state index in [-0.39, 0.29) is 0 Å². The Morgan fingerprint density at radius 1 is 1.29 bits per heavy atom. The van der Waals surface area contributed by atoms with Gasteiger partial charge in [-0.05, 0) is 35.6 Å². The van der Waals surface area contributed by atoms with Crippen molar-refractivity contribution in [1.82, 2.24) is 10.1 Å². The lowest BCUT2D eigenvalue weighted by atomic mass is 10.1. The molecule has 2 aromatic heterocycles. The van der Waals surface area contributed by atoms with Crippen molar-refractivity contribution in [2.75, 3.05) is 5.01 Å². The van der Waals surface area contributed by atoms with E-state index in [0.29, 0.717) is 11.7 Å². The van der Waals surface area contributed by atoms with Gasteiger partial charge in [0.25, 0.3) is 5.89 Å². The summed E-state index contributed by atoms with van der Waals surface area (Å²) < 4.78 is 5.36. The molecule has 0 saturated heterocycles. The summed E-state index contributed by atoms with van der Waals surface area (Å²) in [6.45, 7) is 2.11. The lowest BCUT2D eigenvalue weighted by Crippen LogP contribution is -2.39. The minimum atomic E-state index is -0.478. The van der Waals surface area contributed by atoms with Crippen LogP contribution in [-0.2, 0) is 6.42 Å². The highest BCUT2D eigenvalue weighted by atomic mass is 32.1. The standard InChI is InChI=1S/C16H16N6OS/c1-2-10-5-3-6-11(9-10)22-14(17)13(19-21-22)16-18-15(20-23-16)12-7-4-8-24-12/h3-9,13-14H,2,17H2,1H3. The molecule has 0 spiro atoms. The van der Waals surface area contributed by atoms with Crippen molar-refractivity contribution in [2.24, 2.45) is 16.1 Å². The van der Waals surface area contributed by atoms with E-state index in [1.54, 1.807) is 16.3 Å². The summed E-state index contributed by atoms with van der Waals surface area (Å²) in [6.07, 6.45) is 0.472. The molecule has 0 bridgehead atoms. The summed E-state index contributed by atoms with van der Waals surface area (Å²) in [5, 5.41) is 16.1. The molecule has 3 heterocycles. The van der Waals surface area contributed by atoms with E-state index in [1.165, 1.54) is 5.56 Å². The number of hydrogen-bond acceptors (Lipinski definition) is 8. The van der Waals surface area contributed by atoms with Gasteiger partial charge in [0.2, 0.25) is 5.82 Å². The van der Waals surface area contributed by atoms with Crippen LogP contribution in [0.25, 0.3) is 10.7 Å². The lowest BCUT2D eigenvalue weighted by Gasteiger charge is -2.20. The highest BCUT2D eigenvalue weighted by molar-refractivity contribution is 7.13. The van der Waals surface area contributed by atoms with Crippen LogP contribution in [0.2, 0.25) is 0 Å². The van der Waals surface area contributed by atoms with Crippen LogP contribution in [0.5, 0.6) is 0 Å². The number of hydrogen-bond donors (Lipinski definition) is 1. The normalized spacial score (nSPS) is 20.0. The topological polar surface area (TPSA) is 92.9 Å². The van der Waals surface area contributed by atoms with Gasteiger partial charge >= 0.3 is 0 Å². The smallest absolute Gasteiger partial charge is 0.257 e. The molecule has 2 atom stereocenters. The van der Waals surface area contributed by atoms with Crippen LogP contribution in [-0.4, -0.2) is 16.3 Å². The van der Waals surface area contributed by atoms with Crippen molar-refractivity contribution in [3.63, 3.8) is 0 Å². The maximum absolute atomic E-state index is 6.32. The molecule has 2 unspecified atom stereocenters. The fourth-order valence-corrected chi connectivity index (χ4v) is 3.22. The number of aromatic nitrogens is 2. The molecule has 3 aromatic rings. The maximum Gasteiger partial charge on any atom is 0.257 e. The molecule has 0 saturated carbocycles. The van der Waals surface area contributed by atoms with Crippen LogP contribution in [0.4, 0.5) is 5.69 Å². The predicted octanol–water partition coefficient (Wildman–Crippen LogP) is 3.57. The average molecular weight is 340 g/mol. The third kappa shape index (κ3) is 2.59. The van der Waals surface area contributed by atoms with Gasteiger partial charge in [0.15, 0.2) is 6.04 Å². The van der Waals surface area contributed by atoms with E-state index >= 15 is 0 Å². The monoisotopic (exact) mass is 340 g/mol. The largest absolute Gasteiger partial charge is 0.336 e. The summed E-state index contributed by atoms with van der Waals surface area (Å²) in [7, 11) is 0. The van der Waals surface area contributed by atoms with E-state index in [0.717, 1.165) is 17.0 Å². The second-order valence-electron chi connectivity index (χ2n) is 5.44. The van der Waals surface area contributed by atoms with E-state index in [1.807, 2.05) is 29.6 Å². The lowest BCUT2D eigenvalue weighted by molar-refractivity contribution is 0.345. The first-order valence-corrected chi connectivity index (χ1v) is 8.56. The zero-order valence-electron chi connectivity index (χ0n) is 13.0. The molecule has 4 rings (SSSR count). The zero-order valence-corrected chi connectivity index (χ0v) is 13.8. The van der Waals surface area contributed by atoms with Gasteiger partial charge < -0.3 is 10.3 Å². The first kappa shape index (κ1) is 15.0. The van der Waals surface area contributed by atoms with Gasteiger partial charge in [-0.2, -0.15) is 10.1 Å². The quantitative estimate of drug-likeness (QED) is 0.783. The minimum Gasteiger partial charge on any atom is -0.336 e. The third-order valence-electron chi connectivity index (χ3n) is 3.90. The van der Waals surface area contributed by atoms with Crippen molar-refractivity contribution >= 4 is 17.0 Å². The highest BCUT2D eigenvalue weighted by Gasteiger charge is 2.36. The molecule has 1 aromatic carbocycles. The van der Waals surface area contributed by atoms with E-state index in [9.17, 15) is 0 Å². The molecule has 24 heavy (non-hydrogen) atoms. The molecule has 122 valence electrons. The number of benzene rings is 1. The fraction of sp³-hybridized carbons (Fsp3) is 0.250. The Morgan fingerprint density at radius 3 is 3.00 bits per heavy atom. The summed E-state index contributed by atoms with van der Waals surface area (Å²) in [4.78, 5) is 5.36. The molecular formula is C16H16N6OS. The van der Waals surface area contributed by atoms with Gasteiger partial charge in [-0.1, -0.05) is 35.5 Å². The number of aryl methyl sites for hydroxylation is 1. The van der Waals surface area contributed by atoms with Crippen molar-refractivity contribution in [3.8, 4) is 10.7 Å². The Morgan fingerprint density at radius 2 is 2.21 bits per heavy atom. The molecule has 1 aliphatic rings. The summed E-state index contributed by atoms with van der Waals surface area (Å²) in [5.74, 6) is 0.928. The molecule has 0 radical (unpaired) electrons. The van der Waals surface area contributed by atoms with E-state index in [2.05, 4.69) is 39.5 Å². The molecule has 2 N–H and O–H groups in total. The van der Waals surface area contributed by atoms with Gasteiger partial charge in [-0.15, -0.1) is 11.3 Å². The molecule has 8 heteroatoms. The number of thiophene rings is 1. The van der Waals surface area contributed by atoms with E-state index in [4.69, 9.17) is 10.3 Å². The Hall–Kier alpha value is -2.58. The Balaban J connectivity index is 1.57. The number of rotatable bonds is 4. The Kier molecular flexibility index (Phi) is 3.83. The Labute approximate surface area is 142 Å². The SMILES string of the molecule is CCc1cccc(N2N=NC(c3nc(-c4cccs4)no3)C2N)c1. The molecule has 0 fully saturated rings. The molecular weight excluding hydrogens is 324 g/mol. The Bertz CT molecular complexity index is 859. The first-order chi connectivity index (χ1) is 11.8. The predicted molar refractivity (Wildman–Crippen MR) is 91.5 cm³/mol. The molecule has 0 amide bonds. The molecule has 0 aliphatic carbocycles. The number of anilines is 1. The summed E-state index contributed by atoms with van der Waals surface area (Å²) in [6, 6.07) is 11.5. The zero-order chi connectivity index (χ0) is 16.5. The first-order valence-electron chi connectivity index (χ1n) is 7.68. The van der Waals surface area contributed by atoms with Crippen molar-refractivity contribution in [1.29, 1.82) is 0 Å². The van der Waals surface area contributed by atoms with E-state index < -0.39 is 12.2 Å². The van der Waals surface area contributed by atoms with Gasteiger partial charge in [0.1, 0.15) is 6.17 Å². The second kappa shape index (κ2) is 6.14. The summed E-state index contributed by atoms with van der Waals surface area (Å²) in [5.41, 5.74) is 8.45. The van der Waals surface area contributed by atoms with Crippen LogP contribution in [0.3, 0.4) is 0 Å². The van der Waals surface area contributed by atoms with Crippen LogP contribution in [0.1, 0.15) is 24.4 Å². The van der Waals surface area contributed by atoms with Crippen LogP contribution in [0, 0.1) is 0 Å². The van der Waals surface area contributed by atoms with Crippen LogP contribution in [0.15, 0.2) is 56.6 Å². The number of nitrogens with zero attached hydrogens (tertiary/aromatic N) is 5. The van der Waals surface area contributed by atoms with Gasteiger partial charge in [0.05, 0.1) is 10.6 Å². The van der Waals surface area contributed by atoms with Crippen molar-refractivity contribution < 1.29 is 4.52 Å². The van der Waals surface area contributed by atoms with Gasteiger partial charge in [-0.25, -0.2) is 5.01 Å². The van der Waals surface area contributed by atoms with Gasteiger partial charge in [0, 0.05) is 0 Å². The van der Waals surface area contributed by atoms with Gasteiger partial charge in [-0.3, -0.25) is 0 Å². The minimum absolute atomic E-state index is 0.379. The van der Waals surface area contributed by atoms with Crippen LogP contribution < -0.4 is 10.7 Å². The highest BCUT2D eigenvalue weighted by Crippen LogP contribution is 2.33. The molecule has 1 aliphatic heterocycles. The maximum atomic E-state index is 6.32. The van der Waals surface area contributed by atoms with Crippen molar-refractivity contribution in [2.45, 2.75) is 25.6 Å². The second-order valence-corrected chi connectivity index (χ2v) is 6.39. The van der Waals surface area contributed by atoms with Crippen LogP contribution >= 0.6 is 11.3 Å². The molecule has 7 nitrogen and oxygen atoms in total. The third-order valence-corrected chi connectivity index (χ3v) is 4.76.